The normalized spacial score (nSPS) is 11.0. The fourth-order valence-corrected chi connectivity index (χ4v) is 3.23. The Bertz CT molecular complexity index is 935. The molecule has 0 aromatic heterocycles. The number of ether oxygens (including phenoxy) is 2. The molecule has 1 N–H and O–H groups in total. The number of nitriles is 1. The second-order valence-electron chi connectivity index (χ2n) is 7.16. The van der Waals surface area contributed by atoms with Gasteiger partial charge in [0.15, 0.2) is 11.5 Å². The fourth-order valence-electron chi connectivity index (χ4n) is 3.04. The fraction of sp³-hybridized carbons (Fsp3) is 0.360. The van der Waals surface area contributed by atoms with Crippen molar-refractivity contribution in [2.45, 2.75) is 45.4 Å². The minimum absolute atomic E-state index is 0.0252. The van der Waals surface area contributed by atoms with Gasteiger partial charge in [0, 0.05) is 10.7 Å². The second kappa shape index (κ2) is 13.4. The average Bonchev–Trinajstić information content (AvgIpc) is 2.77. The van der Waals surface area contributed by atoms with E-state index in [1.54, 1.807) is 49.6 Å². The number of anilines is 1. The van der Waals surface area contributed by atoms with Crippen molar-refractivity contribution in [3.63, 3.8) is 0 Å². The molecule has 31 heavy (non-hydrogen) atoms. The van der Waals surface area contributed by atoms with Gasteiger partial charge in [-0.15, -0.1) is 0 Å². The Labute approximate surface area is 189 Å². The number of halogens is 1. The summed E-state index contributed by atoms with van der Waals surface area (Å²) in [6.07, 6.45) is 8.68. The van der Waals surface area contributed by atoms with Gasteiger partial charge in [-0.2, -0.15) is 5.26 Å². The number of carbonyl (C=O) groups excluding carboxylic acids is 1. The van der Waals surface area contributed by atoms with E-state index >= 15 is 0 Å². The maximum absolute atomic E-state index is 12.4. The molecule has 0 aliphatic heterocycles. The minimum atomic E-state index is -0.507. The first-order valence-electron chi connectivity index (χ1n) is 10.6. The molecule has 164 valence electrons. The van der Waals surface area contributed by atoms with Crippen LogP contribution in [0.2, 0.25) is 5.02 Å². The van der Waals surface area contributed by atoms with E-state index in [4.69, 9.17) is 21.1 Å². The van der Waals surface area contributed by atoms with E-state index in [0.717, 1.165) is 12.8 Å². The van der Waals surface area contributed by atoms with Crippen LogP contribution in [0.15, 0.2) is 48.0 Å². The molecule has 0 radical (unpaired) electrons. The summed E-state index contributed by atoms with van der Waals surface area (Å²) in [4.78, 5) is 12.4. The lowest BCUT2D eigenvalue weighted by Gasteiger charge is -2.11. The summed E-state index contributed by atoms with van der Waals surface area (Å²) in [6, 6.07) is 14.0. The third kappa shape index (κ3) is 8.35. The van der Waals surface area contributed by atoms with Crippen LogP contribution in [-0.2, 0) is 4.79 Å². The van der Waals surface area contributed by atoms with Crippen molar-refractivity contribution in [1.82, 2.24) is 0 Å². The Kier molecular flexibility index (Phi) is 10.5. The number of carbonyl (C=O) groups is 1. The highest BCUT2D eigenvalue weighted by Gasteiger charge is 2.11. The van der Waals surface area contributed by atoms with Crippen molar-refractivity contribution in [3.05, 3.63) is 58.6 Å². The molecule has 0 spiro atoms. The molecule has 2 aromatic rings. The van der Waals surface area contributed by atoms with E-state index in [1.807, 2.05) is 6.07 Å². The molecule has 6 heteroatoms. The molecule has 2 rings (SSSR count). The Balaban J connectivity index is 2.00. The molecule has 2 aromatic carbocycles. The third-order valence-corrected chi connectivity index (χ3v) is 4.94. The summed E-state index contributed by atoms with van der Waals surface area (Å²) in [5.41, 5.74) is 1.17. The quantitative estimate of drug-likeness (QED) is 0.228. The lowest BCUT2D eigenvalue weighted by atomic mass is 10.1. The number of hydrogen-bond acceptors (Lipinski definition) is 4. The van der Waals surface area contributed by atoms with Crippen LogP contribution in [0, 0.1) is 11.3 Å². The molecule has 0 unspecified atom stereocenters. The van der Waals surface area contributed by atoms with Crippen molar-refractivity contribution >= 4 is 29.3 Å². The van der Waals surface area contributed by atoms with Crippen LogP contribution in [0.1, 0.15) is 51.0 Å². The second-order valence-corrected chi connectivity index (χ2v) is 7.60. The molecule has 0 heterocycles. The van der Waals surface area contributed by atoms with Gasteiger partial charge < -0.3 is 14.8 Å². The number of hydrogen-bond donors (Lipinski definition) is 1. The van der Waals surface area contributed by atoms with Crippen LogP contribution in [-0.4, -0.2) is 19.6 Å². The molecule has 0 atom stereocenters. The van der Waals surface area contributed by atoms with Crippen LogP contribution in [0.3, 0.4) is 0 Å². The molecule has 0 fully saturated rings. The lowest BCUT2D eigenvalue weighted by Crippen LogP contribution is -2.13. The standard InChI is InChI=1S/C25H29ClN2O3/c1-3-4-5-6-7-8-14-31-23-13-12-19(16-24(23)30-2)15-20(18-27)25(29)28-22-11-9-10-21(26)17-22/h9-13,15-17H,3-8,14H2,1-2H3,(H,28,29)/b20-15-. The molecule has 1 amide bonds. The Morgan fingerprint density at radius 2 is 1.87 bits per heavy atom. The van der Waals surface area contributed by atoms with Gasteiger partial charge in [-0.05, 0) is 48.4 Å². The predicted octanol–water partition coefficient (Wildman–Crippen LogP) is 6.63. The largest absolute Gasteiger partial charge is 0.493 e. The highest BCUT2D eigenvalue weighted by Crippen LogP contribution is 2.29. The molecule has 0 aliphatic rings. The number of nitrogens with one attached hydrogen (secondary N) is 1. The van der Waals surface area contributed by atoms with Crippen molar-refractivity contribution in [2.75, 3.05) is 19.0 Å². The van der Waals surface area contributed by atoms with Crippen molar-refractivity contribution < 1.29 is 14.3 Å². The first kappa shape index (κ1) is 24.3. The highest BCUT2D eigenvalue weighted by molar-refractivity contribution is 6.31. The van der Waals surface area contributed by atoms with Crippen LogP contribution >= 0.6 is 11.6 Å². The van der Waals surface area contributed by atoms with Crippen LogP contribution in [0.25, 0.3) is 6.08 Å². The first-order chi connectivity index (χ1) is 15.1. The Morgan fingerprint density at radius 3 is 2.58 bits per heavy atom. The van der Waals surface area contributed by atoms with Gasteiger partial charge in [-0.25, -0.2) is 0 Å². The SMILES string of the molecule is CCCCCCCCOc1ccc(/C=C(/C#N)C(=O)Nc2cccc(Cl)c2)cc1OC. The van der Waals surface area contributed by atoms with Gasteiger partial charge in [0.25, 0.3) is 5.91 Å². The number of nitrogens with zero attached hydrogens (tertiary/aromatic N) is 1. The molecule has 5 nitrogen and oxygen atoms in total. The number of benzene rings is 2. The maximum Gasteiger partial charge on any atom is 0.266 e. The number of rotatable bonds is 12. The summed E-state index contributed by atoms with van der Waals surface area (Å²) in [5, 5.41) is 12.6. The van der Waals surface area contributed by atoms with Crippen molar-refractivity contribution in [3.8, 4) is 17.6 Å². The van der Waals surface area contributed by atoms with Crippen molar-refractivity contribution in [2.24, 2.45) is 0 Å². The van der Waals surface area contributed by atoms with E-state index < -0.39 is 5.91 Å². The van der Waals surface area contributed by atoms with E-state index in [2.05, 4.69) is 12.2 Å². The van der Waals surface area contributed by atoms with Crippen LogP contribution < -0.4 is 14.8 Å². The van der Waals surface area contributed by atoms with E-state index in [9.17, 15) is 10.1 Å². The zero-order chi connectivity index (χ0) is 22.5. The topological polar surface area (TPSA) is 71.3 Å². The lowest BCUT2D eigenvalue weighted by molar-refractivity contribution is -0.112. The zero-order valence-electron chi connectivity index (χ0n) is 18.1. The molecular weight excluding hydrogens is 412 g/mol. The zero-order valence-corrected chi connectivity index (χ0v) is 18.9. The van der Waals surface area contributed by atoms with Crippen molar-refractivity contribution in [1.29, 1.82) is 5.26 Å². The number of methoxy groups -OCH3 is 1. The minimum Gasteiger partial charge on any atom is -0.493 e. The van der Waals surface area contributed by atoms with Gasteiger partial charge in [0.2, 0.25) is 0 Å². The van der Waals surface area contributed by atoms with E-state index in [0.29, 0.717) is 34.4 Å². The van der Waals surface area contributed by atoms with E-state index in [1.165, 1.54) is 31.8 Å². The highest BCUT2D eigenvalue weighted by atomic mass is 35.5. The summed E-state index contributed by atoms with van der Waals surface area (Å²) < 4.78 is 11.3. The van der Waals surface area contributed by atoms with Gasteiger partial charge >= 0.3 is 0 Å². The van der Waals surface area contributed by atoms with Gasteiger partial charge in [-0.3, -0.25) is 4.79 Å². The molecule has 0 saturated heterocycles. The molecule has 0 bridgehead atoms. The molecular formula is C25H29ClN2O3. The number of amides is 1. The Hall–Kier alpha value is -2.97. The Morgan fingerprint density at radius 1 is 1.10 bits per heavy atom. The summed E-state index contributed by atoms with van der Waals surface area (Å²) in [5.74, 6) is 0.703. The smallest absolute Gasteiger partial charge is 0.266 e. The van der Waals surface area contributed by atoms with Crippen LogP contribution in [0.4, 0.5) is 5.69 Å². The predicted molar refractivity (Wildman–Crippen MR) is 126 cm³/mol. The van der Waals surface area contributed by atoms with E-state index in [-0.39, 0.29) is 5.57 Å². The summed E-state index contributed by atoms with van der Waals surface area (Å²) >= 11 is 5.94. The van der Waals surface area contributed by atoms with Crippen LogP contribution in [0.5, 0.6) is 11.5 Å². The molecule has 0 saturated carbocycles. The first-order valence-corrected chi connectivity index (χ1v) is 10.9. The van der Waals surface area contributed by atoms with Gasteiger partial charge in [-0.1, -0.05) is 62.8 Å². The van der Waals surface area contributed by atoms with Gasteiger partial charge in [0.1, 0.15) is 11.6 Å². The summed E-state index contributed by atoms with van der Waals surface area (Å²) in [6.45, 7) is 2.84. The third-order valence-electron chi connectivity index (χ3n) is 4.70. The summed E-state index contributed by atoms with van der Waals surface area (Å²) in [7, 11) is 1.57. The number of unbranched alkanes of at least 4 members (excludes halogenated alkanes) is 5. The average molecular weight is 441 g/mol. The molecule has 0 aliphatic carbocycles. The monoisotopic (exact) mass is 440 g/mol. The van der Waals surface area contributed by atoms with Gasteiger partial charge in [0.05, 0.1) is 13.7 Å². The maximum atomic E-state index is 12.4.